The molecule has 0 spiro atoms. The Morgan fingerprint density at radius 2 is 1.81 bits per heavy atom. The van der Waals surface area contributed by atoms with Crippen LogP contribution in [0.4, 0.5) is 14.5 Å². The Balaban J connectivity index is 1.57. The molecule has 1 aliphatic rings. The van der Waals surface area contributed by atoms with E-state index in [1.54, 1.807) is 24.3 Å². The van der Waals surface area contributed by atoms with Gasteiger partial charge in [-0.3, -0.25) is 9.48 Å². The van der Waals surface area contributed by atoms with E-state index in [0.29, 0.717) is 18.4 Å². The van der Waals surface area contributed by atoms with Crippen molar-refractivity contribution in [3.63, 3.8) is 0 Å². The Kier molecular flexibility index (Phi) is 5.46. The van der Waals surface area contributed by atoms with Gasteiger partial charge >= 0.3 is 0 Å². The first-order chi connectivity index (χ1) is 14.9. The van der Waals surface area contributed by atoms with Crippen LogP contribution in [-0.2, 0) is 6.54 Å². The summed E-state index contributed by atoms with van der Waals surface area (Å²) in [6.07, 6.45) is 2.65. The maximum atomic E-state index is 14.6. The van der Waals surface area contributed by atoms with Gasteiger partial charge in [-0.1, -0.05) is 41.6 Å². The lowest BCUT2D eigenvalue weighted by Gasteiger charge is -2.12. The molecule has 4 rings (SSSR count). The topological polar surface area (TPSA) is 70.7 Å². The number of anilines is 1. The summed E-state index contributed by atoms with van der Waals surface area (Å²) in [7, 11) is 0. The molecule has 1 saturated carbocycles. The number of halogens is 3. The lowest BCUT2D eigenvalue weighted by Crippen LogP contribution is -2.22. The molecule has 0 unspecified atom stereocenters. The normalized spacial score (nSPS) is 13.6. The molecule has 1 N–H and O–H groups in total. The molecular weight excluding hydrogens is 422 g/mol. The third-order valence-corrected chi connectivity index (χ3v) is 5.24. The number of aromatic nitrogens is 2. The summed E-state index contributed by atoms with van der Waals surface area (Å²) in [4.78, 5) is 12.7. The molecule has 0 saturated heterocycles. The number of nitrogens with zero attached hydrogens (tertiary/aromatic N) is 3. The highest BCUT2D eigenvalue weighted by Crippen LogP contribution is 2.46. The van der Waals surface area contributed by atoms with Gasteiger partial charge in [-0.05, 0) is 37.1 Å². The Labute approximate surface area is 182 Å². The largest absolute Gasteiger partial charge is 0.316 e. The zero-order valence-corrected chi connectivity index (χ0v) is 16.9. The monoisotopic (exact) mass is 436 g/mol. The molecule has 31 heavy (non-hydrogen) atoms. The molecule has 0 aliphatic heterocycles. The molecular formula is C23H15ClF2N4O. The predicted molar refractivity (Wildman–Crippen MR) is 111 cm³/mol. The van der Waals surface area contributed by atoms with Gasteiger partial charge in [0.2, 0.25) is 0 Å². The summed E-state index contributed by atoms with van der Waals surface area (Å²) < 4.78 is 30.4. The molecule has 0 atom stereocenters. The number of carbonyl (C=O) groups excluding carboxylic acids is 1. The Morgan fingerprint density at radius 3 is 2.42 bits per heavy atom. The molecule has 2 aromatic carbocycles. The second kappa shape index (κ2) is 8.22. The summed E-state index contributed by atoms with van der Waals surface area (Å²) >= 11 is 6.07. The van der Waals surface area contributed by atoms with Gasteiger partial charge < -0.3 is 5.32 Å². The van der Waals surface area contributed by atoms with Crippen LogP contribution in [-0.4, -0.2) is 15.7 Å². The van der Waals surface area contributed by atoms with Crippen LogP contribution in [0.1, 0.15) is 34.5 Å². The number of carbonyl (C=O) groups is 1. The van der Waals surface area contributed by atoms with E-state index in [1.807, 2.05) is 6.07 Å². The summed E-state index contributed by atoms with van der Waals surface area (Å²) in [6, 6.07) is 13.3. The van der Waals surface area contributed by atoms with Crippen LogP contribution in [0.15, 0.2) is 48.7 Å². The Hall–Kier alpha value is -3.68. The number of amides is 1. The van der Waals surface area contributed by atoms with Crippen molar-refractivity contribution < 1.29 is 13.6 Å². The molecule has 5 nitrogen and oxygen atoms in total. The average molecular weight is 437 g/mol. The smallest absolute Gasteiger partial charge is 0.275 e. The first-order valence-electron chi connectivity index (χ1n) is 9.41. The van der Waals surface area contributed by atoms with Crippen molar-refractivity contribution in [2.24, 2.45) is 5.41 Å². The number of hydrogen-bond donors (Lipinski definition) is 1. The summed E-state index contributed by atoms with van der Waals surface area (Å²) in [5, 5.41) is 15.5. The lowest BCUT2D eigenvalue weighted by atomic mass is 10.1. The van der Waals surface area contributed by atoms with Crippen molar-refractivity contribution in [2.45, 2.75) is 19.4 Å². The second-order valence-corrected chi connectivity index (χ2v) is 7.68. The maximum Gasteiger partial charge on any atom is 0.275 e. The summed E-state index contributed by atoms with van der Waals surface area (Å²) in [6.45, 7) is 0.179. The van der Waals surface area contributed by atoms with Gasteiger partial charge in [-0.2, -0.15) is 10.4 Å². The average Bonchev–Trinajstić information content (AvgIpc) is 3.44. The molecule has 3 aromatic rings. The Morgan fingerprint density at radius 1 is 1.16 bits per heavy atom. The maximum absolute atomic E-state index is 14.6. The number of benzene rings is 2. The van der Waals surface area contributed by atoms with E-state index in [1.165, 1.54) is 10.9 Å². The molecule has 0 bridgehead atoms. The highest BCUT2D eigenvalue weighted by Gasteiger charge is 2.44. The predicted octanol–water partition coefficient (Wildman–Crippen LogP) is 4.77. The van der Waals surface area contributed by atoms with E-state index in [4.69, 9.17) is 11.6 Å². The minimum Gasteiger partial charge on any atom is -0.316 e. The van der Waals surface area contributed by atoms with E-state index < -0.39 is 28.6 Å². The van der Waals surface area contributed by atoms with Crippen molar-refractivity contribution in [3.05, 3.63) is 82.1 Å². The van der Waals surface area contributed by atoms with Gasteiger partial charge in [0.1, 0.15) is 11.4 Å². The van der Waals surface area contributed by atoms with Crippen LogP contribution in [0.2, 0.25) is 5.02 Å². The van der Waals surface area contributed by atoms with E-state index in [0.717, 1.165) is 12.1 Å². The van der Waals surface area contributed by atoms with Crippen LogP contribution in [0.5, 0.6) is 0 Å². The molecule has 1 heterocycles. The number of nitrogens with one attached hydrogen (secondary N) is 1. The van der Waals surface area contributed by atoms with Gasteiger partial charge in [0, 0.05) is 11.1 Å². The molecule has 1 fully saturated rings. The zero-order valence-electron chi connectivity index (χ0n) is 16.1. The van der Waals surface area contributed by atoms with Crippen molar-refractivity contribution in [1.29, 1.82) is 5.26 Å². The van der Waals surface area contributed by atoms with Gasteiger partial charge in [0.15, 0.2) is 11.6 Å². The second-order valence-electron chi connectivity index (χ2n) is 7.28. The van der Waals surface area contributed by atoms with Crippen molar-refractivity contribution >= 4 is 23.2 Å². The molecule has 0 radical (unpaired) electrons. The third-order valence-electron chi connectivity index (χ3n) is 4.96. The molecule has 154 valence electrons. The van der Waals surface area contributed by atoms with Crippen molar-refractivity contribution in [1.82, 2.24) is 9.78 Å². The fourth-order valence-electron chi connectivity index (χ4n) is 3.05. The summed E-state index contributed by atoms with van der Waals surface area (Å²) in [5.41, 5.74) is -0.422. The Bertz CT molecular complexity index is 1240. The SMILES string of the molecule is N#CC1(Cn2ncc(Cl)c2C(=O)Nc2c(F)cc(C#Cc3ccccc3)cc2F)CC1. The number of hydrogen-bond acceptors (Lipinski definition) is 3. The minimum atomic E-state index is -0.969. The van der Waals surface area contributed by atoms with Crippen LogP contribution in [0.3, 0.4) is 0 Å². The first-order valence-corrected chi connectivity index (χ1v) is 9.79. The quantitative estimate of drug-likeness (QED) is 0.599. The fourth-order valence-corrected chi connectivity index (χ4v) is 3.28. The van der Waals surface area contributed by atoms with E-state index in [9.17, 15) is 18.8 Å². The summed E-state index contributed by atoms with van der Waals surface area (Å²) in [5.74, 6) is 2.76. The van der Waals surface area contributed by atoms with Crippen LogP contribution in [0, 0.1) is 40.2 Å². The highest BCUT2D eigenvalue weighted by atomic mass is 35.5. The minimum absolute atomic E-state index is 0.0254. The number of rotatable bonds is 4. The van der Waals surface area contributed by atoms with Gasteiger partial charge in [0.05, 0.1) is 29.2 Å². The molecule has 1 aliphatic carbocycles. The molecule has 1 amide bonds. The van der Waals surface area contributed by atoms with E-state index in [-0.39, 0.29) is 22.8 Å². The molecule has 8 heteroatoms. The fraction of sp³-hybridized carbons (Fsp3) is 0.174. The third kappa shape index (κ3) is 4.42. The lowest BCUT2D eigenvalue weighted by molar-refractivity contribution is 0.101. The highest BCUT2D eigenvalue weighted by molar-refractivity contribution is 6.34. The van der Waals surface area contributed by atoms with Gasteiger partial charge in [-0.15, -0.1) is 0 Å². The van der Waals surface area contributed by atoms with Crippen LogP contribution >= 0.6 is 11.6 Å². The van der Waals surface area contributed by atoms with Gasteiger partial charge in [0.25, 0.3) is 5.91 Å². The van der Waals surface area contributed by atoms with Crippen LogP contribution in [0.25, 0.3) is 0 Å². The first kappa shape index (κ1) is 20.6. The van der Waals surface area contributed by atoms with Gasteiger partial charge in [-0.25, -0.2) is 8.78 Å². The van der Waals surface area contributed by atoms with E-state index >= 15 is 0 Å². The number of nitriles is 1. The standard InChI is InChI=1S/C23H15ClF2N4O/c24-17-12-28-30(14-23(13-27)8-9-23)21(17)22(31)29-20-18(25)10-16(11-19(20)26)7-6-15-4-2-1-3-5-15/h1-5,10-12H,8-9,14H2,(H,29,31). The molecule has 1 aromatic heterocycles. The van der Waals surface area contributed by atoms with E-state index in [2.05, 4.69) is 28.3 Å². The zero-order chi connectivity index (χ0) is 22.0. The van der Waals surface area contributed by atoms with Crippen molar-refractivity contribution in [3.8, 4) is 17.9 Å². The van der Waals surface area contributed by atoms with Crippen molar-refractivity contribution in [2.75, 3.05) is 5.32 Å². The van der Waals surface area contributed by atoms with Crippen LogP contribution < -0.4 is 5.32 Å².